The van der Waals surface area contributed by atoms with Gasteiger partial charge >= 0.3 is 0 Å². The molecule has 4 nitrogen and oxygen atoms in total. The van der Waals surface area contributed by atoms with Crippen LogP contribution in [-0.4, -0.2) is 36.1 Å². The number of morpholine rings is 1. The van der Waals surface area contributed by atoms with E-state index in [2.05, 4.69) is 24.1 Å². The lowest BCUT2D eigenvalue weighted by Crippen LogP contribution is -2.44. The van der Waals surface area contributed by atoms with Crippen molar-refractivity contribution in [3.63, 3.8) is 0 Å². The van der Waals surface area contributed by atoms with E-state index >= 15 is 0 Å². The Balaban J connectivity index is 1.53. The van der Waals surface area contributed by atoms with Gasteiger partial charge in [0.15, 0.2) is 0 Å². The molecule has 5 heteroatoms. The molecular weight excluding hydrogens is 348 g/mol. The van der Waals surface area contributed by atoms with Crippen molar-refractivity contribution in [1.29, 1.82) is 0 Å². The maximum Gasteiger partial charge on any atom is 0.251 e. The molecule has 26 heavy (non-hydrogen) atoms. The number of amides is 1. The molecule has 1 aliphatic heterocycles. The monoisotopic (exact) mass is 372 g/mol. The van der Waals surface area contributed by atoms with Crippen molar-refractivity contribution in [3.8, 4) is 0 Å². The van der Waals surface area contributed by atoms with Crippen LogP contribution in [0.1, 0.15) is 35.3 Å². The van der Waals surface area contributed by atoms with E-state index in [1.54, 1.807) is 0 Å². The van der Waals surface area contributed by atoms with Crippen molar-refractivity contribution >= 4 is 17.5 Å². The molecule has 1 fully saturated rings. The quantitative estimate of drug-likeness (QED) is 0.866. The second-order valence-electron chi connectivity index (χ2n) is 6.96. The Hall–Kier alpha value is -1.88. The van der Waals surface area contributed by atoms with Gasteiger partial charge in [0.25, 0.3) is 5.91 Å². The molecule has 0 aliphatic carbocycles. The lowest BCUT2D eigenvalue weighted by molar-refractivity contribution is -0.0704. The van der Waals surface area contributed by atoms with E-state index in [4.69, 9.17) is 16.3 Å². The standard InChI is InChI=1S/C21H25ClN2O2/c1-15-12-24(13-16(2)26-15)14-18-3-7-19(8-4-18)21(25)23-11-17-5-9-20(22)10-6-17/h3-10,15-16H,11-14H2,1-2H3,(H,23,25). The second kappa shape index (κ2) is 8.67. The Labute approximate surface area is 160 Å². The van der Waals surface area contributed by atoms with Gasteiger partial charge < -0.3 is 10.1 Å². The summed E-state index contributed by atoms with van der Waals surface area (Å²) < 4.78 is 5.77. The van der Waals surface area contributed by atoms with Gasteiger partial charge in [-0.25, -0.2) is 0 Å². The van der Waals surface area contributed by atoms with E-state index in [0.717, 1.165) is 25.2 Å². The van der Waals surface area contributed by atoms with Crippen LogP contribution in [0.5, 0.6) is 0 Å². The molecule has 1 amide bonds. The first kappa shape index (κ1) is 18.9. The van der Waals surface area contributed by atoms with Crippen LogP contribution in [0.2, 0.25) is 5.02 Å². The normalized spacial score (nSPS) is 20.7. The van der Waals surface area contributed by atoms with E-state index in [-0.39, 0.29) is 18.1 Å². The number of nitrogens with zero attached hydrogens (tertiary/aromatic N) is 1. The summed E-state index contributed by atoms with van der Waals surface area (Å²) in [6.07, 6.45) is 0.522. The van der Waals surface area contributed by atoms with Crippen molar-refractivity contribution in [2.45, 2.75) is 39.1 Å². The summed E-state index contributed by atoms with van der Waals surface area (Å²) in [5.74, 6) is -0.0693. The van der Waals surface area contributed by atoms with Crippen LogP contribution in [0.15, 0.2) is 48.5 Å². The van der Waals surface area contributed by atoms with Crippen LogP contribution in [0.3, 0.4) is 0 Å². The summed E-state index contributed by atoms with van der Waals surface area (Å²) in [5, 5.41) is 3.63. The molecule has 0 radical (unpaired) electrons. The van der Waals surface area contributed by atoms with Gasteiger partial charge in [-0.15, -0.1) is 0 Å². The SMILES string of the molecule is CC1CN(Cc2ccc(C(=O)NCc3ccc(Cl)cc3)cc2)CC(C)O1. The van der Waals surface area contributed by atoms with Crippen molar-refractivity contribution < 1.29 is 9.53 Å². The highest BCUT2D eigenvalue weighted by molar-refractivity contribution is 6.30. The molecule has 1 N–H and O–H groups in total. The third-order valence-corrected chi connectivity index (χ3v) is 4.74. The minimum absolute atomic E-state index is 0.0693. The number of rotatable bonds is 5. The molecule has 2 aromatic carbocycles. The number of hydrogen-bond acceptors (Lipinski definition) is 3. The molecule has 2 aromatic rings. The highest BCUT2D eigenvalue weighted by Gasteiger charge is 2.22. The number of nitrogens with one attached hydrogen (secondary N) is 1. The van der Waals surface area contributed by atoms with Gasteiger partial charge in [0.1, 0.15) is 0 Å². The summed E-state index contributed by atoms with van der Waals surface area (Å²) >= 11 is 5.87. The smallest absolute Gasteiger partial charge is 0.251 e. The lowest BCUT2D eigenvalue weighted by atomic mass is 10.1. The van der Waals surface area contributed by atoms with Crippen LogP contribution < -0.4 is 5.32 Å². The summed E-state index contributed by atoms with van der Waals surface area (Å²) in [6, 6.07) is 15.3. The van der Waals surface area contributed by atoms with E-state index in [1.165, 1.54) is 5.56 Å². The number of halogens is 1. The molecule has 1 heterocycles. The molecule has 1 saturated heterocycles. The highest BCUT2D eigenvalue weighted by Crippen LogP contribution is 2.15. The van der Waals surface area contributed by atoms with Gasteiger partial charge in [0.05, 0.1) is 12.2 Å². The molecule has 2 unspecified atom stereocenters. The number of carbonyl (C=O) groups excluding carboxylic acids is 1. The number of carbonyl (C=O) groups is 1. The summed E-state index contributed by atoms with van der Waals surface area (Å²) in [5.41, 5.74) is 2.90. The van der Waals surface area contributed by atoms with Crippen molar-refractivity contribution in [3.05, 3.63) is 70.2 Å². The van der Waals surface area contributed by atoms with Gasteiger partial charge in [-0.05, 0) is 49.2 Å². The third-order valence-electron chi connectivity index (χ3n) is 4.48. The second-order valence-corrected chi connectivity index (χ2v) is 7.39. The van der Waals surface area contributed by atoms with E-state index in [9.17, 15) is 4.79 Å². The maximum absolute atomic E-state index is 12.3. The molecule has 0 saturated carbocycles. The van der Waals surface area contributed by atoms with Crippen LogP contribution in [0, 0.1) is 0 Å². The van der Waals surface area contributed by atoms with E-state index < -0.39 is 0 Å². The summed E-state index contributed by atoms with van der Waals surface area (Å²) in [7, 11) is 0. The highest BCUT2D eigenvalue weighted by atomic mass is 35.5. The molecule has 3 rings (SSSR count). The van der Waals surface area contributed by atoms with Crippen molar-refractivity contribution in [1.82, 2.24) is 10.2 Å². The van der Waals surface area contributed by atoms with Gasteiger partial charge in [-0.2, -0.15) is 0 Å². The summed E-state index contributed by atoms with van der Waals surface area (Å²) in [6.45, 7) is 7.46. The molecule has 0 bridgehead atoms. The first-order chi connectivity index (χ1) is 12.5. The fourth-order valence-electron chi connectivity index (χ4n) is 3.32. The number of ether oxygens (including phenoxy) is 1. The largest absolute Gasteiger partial charge is 0.373 e. The molecule has 138 valence electrons. The third kappa shape index (κ3) is 5.31. The van der Waals surface area contributed by atoms with Gasteiger partial charge in [0.2, 0.25) is 0 Å². The lowest BCUT2D eigenvalue weighted by Gasteiger charge is -2.35. The Bertz CT molecular complexity index is 721. The average Bonchev–Trinajstić information content (AvgIpc) is 2.61. The van der Waals surface area contributed by atoms with E-state index in [0.29, 0.717) is 17.1 Å². The van der Waals surface area contributed by atoms with Crippen LogP contribution in [0.25, 0.3) is 0 Å². The first-order valence-electron chi connectivity index (χ1n) is 8.99. The predicted molar refractivity (Wildman–Crippen MR) is 104 cm³/mol. The van der Waals surface area contributed by atoms with Crippen molar-refractivity contribution in [2.75, 3.05) is 13.1 Å². The van der Waals surface area contributed by atoms with Crippen LogP contribution in [0.4, 0.5) is 0 Å². The van der Waals surface area contributed by atoms with Crippen LogP contribution in [-0.2, 0) is 17.8 Å². The molecule has 0 aromatic heterocycles. The minimum atomic E-state index is -0.0693. The van der Waals surface area contributed by atoms with Crippen molar-refractivity contribution in [2.24, 2.45) is 0 Å². The minimum Gasteiger partial charge on any atom is -0.373 e. The number of hydrogen-bond donors (Lipinski definition) is 1. The number of benzene rings is 2. The zero-order valence-electron chi connectivity index (χ0n) is 15.2. The molecule has 2 atom stereocenters. The maximum atomic E-state index is 12.3. The fourth-order valence-corrected chi connectivity index (χ4v) is 3.45. The van der Waals surface area contributed by atoms with E-state index in [1.807, 2.05) is 48.5 Å². The zero-order valence-corrected chi connectivity index (χ0v) is 16.0. The Kier molecular flexibility index (Phi) is 6.30. The molecule has 0 spiro atoms. The van der Waals surface area contributed by atoms with Crippen LogP contribution >= 0.6 is 11.6 Å². The summed E-state index contributed by atoms with van der Waals surface area (Å²) in [4.78, 5) is 14.7. The Morgan fingerprint density at radius 2 is 1.62 bits per heavy atom. The molecular formula is C21H25ClN2O2. The Morgan fingerprint density at radius 3 is 2.23 bits per heavy atom. The topological polar surface area (TPSA) is 41.6 Å². The predicted octanol–water partition coefficient (Wildman–Crippen LogP) is 3.88. The average molecular weight is 373 g/mol. The first-order valence-corrected chi connectivity index (χ1v) is 9.37. The Morgan fingerprint density at radius 1 is 1.04 bits per heavy atom. The zero-order chi connectivity index (χ0) is 18.5. The fraction of sp³-hybridized carbons (Fsp3) is 0.381. The van der Waals surface area contributed by atoms with Gasteiger partial charge in [-0.3, -0.25) is 9.69 Å². The molecule has 1 aliphatic rings. The van der Waals surface area contributed by atoms with Gasteiger partial charge in [0, 0.05) is 36.8 Å². The van der Waals surface area contributed by atoms with Gasteiger partial charge in [-0.1, -0.05) is 35.9 Å².